The van der Waals surface area contributed by atoms with Crippen LogP contribution in [0.3, 0.4) is 0 Å². The summed E-state index contributed by atoms with van der Waals surface area (Å²) < 4.78 is 0.962. The summed E-state index contributed by atoms with van der Waals surface area (Å²) in [5.41, 5.74) is 1.85. The molecule has 1 aromatic carbocycles. The molecule has 19 heavy (non-hydrogen) atoms. The van der Waals surface area contributed by atoms with E-state index in [0.717, 1.165) is 33.7 Å². The van der Waals surface area contributed by atoms with E-state index < -0.39 is 0 Å². The van der Waals surface area contributed by atoms with Gasteiger partial charge in [-0.05, 0) is 62.6 Å². The minimum atomic E-state index is 0.0528. The Bertz CT molecular complexity index is 435. The van der Waals surface area contributed by atoms with Gasteiger partial charge in [-0.3, -0.25) is 4.79 Å². The van der Waals surface area contributed by atoms with E-state index in [9.17, 15) is 4.79 Å². The quantitative estimate of drug-likeness (QED) is 0.894. The van der Waals surface area contributed by atoms with Crippen LogP contribution in [0.2, 0.25) is 0 Å². The Hall–Kier alpha value is -0.480. The van der Waals surface area contributed by atoms with E-state index in [1.54, 1.807) is 0 Å². The molecule has 0 aliphatic heterocycles. The van der Waals surface area contributed by atoms with Crippen LogP contribution < -0.4 is 5.32 Å². The van der Waals surface area contributed by atoms with Gasteiger partial charge in [0.1, 0.15) is 0 Å². The zero-order valence-electron chi connectivity index (χ0n) is 11.4. The smallest absolute Gasteiger partial charge is 0.251 e. The summed E-state index contributed by atoms with van der Waals surface area (Å²) in [6.07, 6.45) is 6.80. The zero-order valence-corrected chi connectivity index (χ0v) is 13.8. The molecule has 1 aliphatic carbocycles. The van der Waals surface area contributed by atoms with E-state index in [1.165, 1.54) is 12.8 Å². The van der Waals surface area contributed by atoms with E-state index in [4.69, 9.17) is 0 Å². The van der Waals surface area contributed by atoms with Gasteiger partial charge in [-0.25, -0.2) is 0 Å². The molecule has 0 aromatic heterocycles. The number of halogens is 1. The Labute approximate surface area is 127 Å². The predicted molar refractivity (Wildman–Crippen MR) is 85.9 cm³/mol. The van der Waals surface area contributed by atoms with Gasteiger partial charge >= 0.3 is 0 Å². The zero-order chi connectivity index (χ0) is 13.8. The minimum absolute atomic E-state index is 0.0528. The predicted octanol–water partition coefficient (Wildman–Crippen LogP) is 4.16. The van der Waals surface area contributed by atoms with Gasteiger partial charge in [0.05, 0.1) is 0 Å². The number of carbonyl (C=O) groups excluding carboxylic acids is 1. The molecular weight excluding hydrogens is 322 g/mol. The van der Waals surface area contributed by atoms with E-state index >= 15 is 0 Å². The molecule has 104 valence electrons. The number of carbonyl (C=O) groups is 1. The SMILES string of the molecule is CSC1CCC(NC(=O)c2cc(C)cc(Br)c2)CC1. The van der Waals surface area contributed by atoms with Crippen molar-refractivity contribution in [2.75, 3.05) is 6.26 Å². The highest BCUT2D eigenvalue weighted by atomic mass is 79.9. The number of aryl methyl sites for hydroxylation is 1. The normalized spacial score (nSPS) is 23.1. The molecule has 0 unspecified atom stereocenters. The number of rotatable bonds is 3. The second-order valence-corrected chi connectivity index (χ2v) is 7.25. The maximum Gasteiger partial charge on any atom is 0.251 e. The van der Waals surface area contributed by atoms with Gasteiger partial charge in [-0.2, -0.15) is 11.8 Å². The van der Waals surface area contributed by atoms with Crippen LogP contribution in [-0.4, -0.2) is 23.5 Å². The van der Waals surface area contributed by atoms with Crippen molar-refractivity contribution in [3.8, 4) is 0 Å². The number of benzene rings is 1. The van der Waals surface area contributed by atoms with Gasteiger partial charge in [0, 0.05) is 21.3 Å². The van der Waals surface area contributed by atoms with E-state index in [-0.39, 0.29) is 5.91 Å². The van der Waals surface area contributed by atoms with Crippen LogP contribution in [0.5, 0.6) is 0 Å². The molecule has 0 bridgehead atoms. The Morgan fingerprint density at radius 3 is 2.53 bits per heavy atom. The van der Waals surface area contributed by atoms with Crippen LogP contribution >= 0.6 is 27.7 Å². The molecular formula is C15H20BrNOS. The Morgan fingerprint density at radius 2 is 1.95 bits per heavy atom. The average molecular weight is 342 g/mol. The molecule has 1 aromatic rings. The molecule has 0 atom stereocenters. The topological polar surface area (TPSA) is 29.1 Å². The van der Waals surface area contributed by atoms with Gasteiger partial charge in [0.25, 0.3) is 5.91 Å². The number of hydrogen-bond acceptors (Lipinski definition) is 2. The third-order valence-electron chi connectivity index (χ3n) is 3.65. The first kappa shape index (κ1) is 14.9. The third-order valence-corrected chi connectivity index (χ3v) is 5.24. The Morgan fingerprint density at radius 1 is 1.26 bits per heavy atom. The number of nitrogens with one attached hydrogen (secondary N) is 1. The molecule has 0 spiro atoms. The molecule has 4 heteroatoms. The fourth-order valence-corrected chi connectivity index (χ4v) is 3.93. The van der Waals surface area contributed by atoms with E-state index in [1.807, 2.05) is 36.9 Å². The lowest BCUT2D eigenvalue weighted by Gasteiger charge is -2.28. The summed E-state index contributed by atoms with van der Waals surface area (Å²) in [7, 11) is 0. The molecule has 0 heterocycles. The van der Waals surface area contributed by atoms with Crippen LogP contribution in [0.15, 0.2) is 22.7 Å². The second kappa shape index (κ2) is 6.80. The van der Waals surface area contributed by atoms with Crippen molar-refractivity contribution in [2.24, 2.45) is 0 Å². The van der Waals surface area contributed by atoms with Crippen LogP contribution in [0.4, 0.5) is 0 Å². The first-order valence-electron chi connectivity index (χ1n) is 6.69. The highest BCUT2D eigenvalue weighted by molar-refractivity contribution is 9.10. The molecule has 1 fully saturated rings. The van der Waals surface area contributed by atoms with E-state index in [0.29, 0.717) is 6.04 Å². The Balaban J connectivity index is 1.94. The molecule has 1 N–H and O–H groups in total. The lowest BCUT2D eigenvalue weighted by Crippen LogP contribution is -2.38. The highest BCUT2D eigenvalue weighted by Gasteiger charge is 2.22. The van der Waals surface area contributed by atoms with Crippen LogP contribution in [0, 0.1) is 6.92 Å². The number of thioether (sulfide) groups is 1. The third kappa shape index (κ3) is 4.25. The van der Waals surface area contributed by atoms with Crippen LogP contribution in [0.25, 0.3) is 0 Å². The van der Waals surface area contributed by atoms with Gasteiger partial charge < -0.3 is 5.32 Å². The summed E-state index contributed by atoms with van der Waals surface area (Å²) >= 11 is 5.39. The summed E-state index contributed by atoms with van der Waals surface area (Å²) in [4.78, 5) is 12.2. The maximum atomic E-state index is 12.2. The first-order chi connectivity index (χ1) is 9.08. The standard InChI is InChI=1S/C15H20BrNOS/c1-10-7-11(9-12(16)8-10)15(18)17-13-3-5-14(19-2)6-4-13/h7-9,13-14H,3-6H2,1-2H3,(H,17,18). The summed E-state index contributed by atoms with van der Waals surface area (Å²) in [5, 5.41) is 3.94. The van der Waals surface area contributed by atoms with Crippen LogP contribution in [-0.2, 0) is 0 Å². The summed E-state index contributed by atoms with van der Waals surface area (Å²) in [6.45, 7) is 2.01. The largest absolute Gasteiger partial charge is 0.349 e. The van der Waals surface area contributed by atoms with Gasteiger partial charge in [0.2, 0.25) is 0 Å². The summed E-state index contributed by atoms with van der Waals surface area (Å²) in [5.74, 6) is 0.0528. The average Bonchev–Trinajstić information content (AvgIpc) is 2.38. The molecule has 0 radical (unpaired) electrons. The highest BCUT2D eigenvalue weighted by Crippen LogP contribution is 2.27. The Kier molecular flexibility index (Phi) is 5.34. The fourth-order valence-electron chi connectivity index (χ4n) is 2.58. The van der Waals surface area contributed by atoms with Crippen molar-refractivity contribution in [2.45, 2.75) is 43.9 Å². The lowest BCUT2D eigenvalue weighted by atomic mass is 9.94. The van der Waals surface area contributed by atoms with E-state index in [2.05, 4.69) is 27.5 Å². The summed E-state index contributed by atoms with van der Waals surface area (Å²) in [6, 6.07) is 6.18. The van der Waals surface area contributed by atoms with Crippen molar-refractivity contribution in [1.82, 2.24) is 5.32 Å². The van der Waals surface area contributed by atoms with Crippen molar-refractivity contribution in [3.63, 3.8) is 0 Å². The molecule has 1 saturated carbocycles. The molecule has 2 rings (SSSR count). The number of amides is 1. The first-order valence-corrected chi connectivity index (χ1v) is 8.77. The maximum absolute atomic E-state index is 12.2. The van der Waals surface area contributed by atoms with Crippen molar-refractivity contribution in [3.05, 3.63) is 33.8 Å². The minimum Gasteiger partial charge on any atom is -0.349 e. The lowest BCUT2D eigenvalue weighted by molar-refractivity contribution is 0.0928. The number of hydrogen-bond donors (Lipinski definition) is 1. The fraction of sp³-hybridized carbons (Fsp3) is 0.533. The van der Waals surface area contributed by atoms with Crippen molar-refractivity contribution >= 4 is 33.6 Å². The van der Waals surface area contributed by atoms with Gasteiger partial charge in [-0.15, -0.1) is 0 Å². The van der Waals surface area contributed by atoms with Crippen molar-refractivity contribution in [1.29, 1.82) is 0 Å². The second-order valence-electron chi connectivity index (χ2n) is 5.20. The molecule has 1 amide bonds. The van der Waals surface area contributed by atoms with Crippen molar-refractivity contribution < 1.29 is 4.79 Å². The molecule has 1 aliphatic rings. The molecule has 2 nitrogen and oxygen atoms in total. The monoisotopic (exact) mass is 341 g/mol. The molecule has 0 saturated heterocycles. The van der Waals surface area contributed by atoms with Gasteiger partial charge in [0.15, 0.2) is 0 Å². The van der Waals surface area contributed by atoms with Gasteiger partial charge in [-0.1, -0.05) is 15.9 Å². The van der Waals surface area contributed by atoms with Crippen LogP contribution in [0.1, 0.15) is 41.6 Å².